The Bertz CT molecular complexity index is 581. The van der Waals surface area contributed by atoms with Crippen molar-refractivity contribution in [2.75, 3.05) is 37.3 Å². The van der Waals surface area contributed by atoms with Gasteiger partial charge in [0.05, 0.1) is 11.3 Å². The molecule has 1 aromatic carbocycles. The molecule has 5 nitrogen and oxygen atoms in total. The van der Waals surface area contributed by atoms with E-state index in [-0.39, 0.29) is 0 Å². The van der Waals surface area contributed by atoms with Crippen molar-refractivity contribution >= 4 is 33.6 Å². The zero-order chi connectivity index (χ0) is 14.0. The summed E-state index contributed by atoms with van der Waals surface area (Å²) in [4.78, 5) is 12.8. The molecule has 1 heterocycles. The predicted octanol–water partition coefficient (Wildman–Crippen LogP) is 1.23. The molecule has 0 spiro atoms. The highest BCUT2D eigenvalue weighted by Crippen LogP contribution is 2.24. The molecule has 104 valence electrons. The van der Waals surface area contributed by atoms with Crippen LogP contribution in [-0.2, 0) is 10.0 Å². The van der Waals surface area contributed by atoms with Gasteiger partial charge >= 0.3 is 0 Å². The topological polar surface area (TPSA) is 57.7 Å². The minimum atomic E-state index is -3.12. The number of anilines is 1. The Morgan fingerprint density at radius 2 is 1.84 bits per heavy atom. The van der Waals surface area contributed by atoms with Crippen LogP contribution in [0, 0.1) is 0 Å². The predicted molar refractivity (Wildman–Crippen MR) is 75.5 cm³/mol. The molecular formula is C12H15ClN2O3S. The Morgan fingerprint density at radius 1 is 1.21 bits per heavy atom. The van der Waals surface area contributed by atoms with Gasteiger partial charge in [0.25, 0.3) is 0 Å². The van der Waals surface area contributed by atoms with Crippen LogP contribution in [0.2, 0.25) is 5.02 Å². The summed E-state index contributed by atoms with van der Waals surface area (Å²) in [5.41, 5.74) is 1.36. The van der Waals surface area contributed by atoms with E-state index in [0.717, 1.165) is 5.69 Å². The molecule has 0 bridgehead atoms. The normalized spacial score (nSPS) is 17.5. The summed E-state index contributed by atoms with van der Waals surface area (Å²) in [5.74, 6) is 0. The zero-order valence-corrected chi connectivity index (χ0v) is 12.1. The lowest BCUT2D eigenvalue weighted by molar-refractivity contribution is 0.112. The number of aldehydes is 1. The molecule has 0 unspecified atom stereocenters. The zero-order valence-electron chi connectivity index (χ0n) is 10.5. The van der Waals surface area contributed by atoms with Gasteiger partial charge in [0.2, 0.25) is 10.0 Å². The standard InChI is InChI=1S/C12H15ClN2O3S/c1-19(17,18)15-6-4-14(5-7-15)11-3-2-10(9-16)12(13)8-11/h2-3,8-9H,4-7H2,1H3. The Kier molecular flexibility index (Phi) is 4.13. The van der Waals surface area contributed by atoms with Crippen molar-refractivity contribution in [1.29, 1.82) is 0 Å². The van der Waals surface area contributed by atoms with E-state index in [4.69, 9.17) is 11.6 Å². The minimum Gasteiger partial charge on any atom is -0.369 e. The number of rotatable bonds is 3. The van der Waals surface area contributed by atoms with Crippen molar-refractivity contribution in [3.05, 3.63) is 28.8 Å². The lowest BCUT2D eigenvalue weighted by Crippen LogP contribution is -2.48. The van der Waals surface area contributed by atoms with Gasteiger partial charge < -0.3 is 4.90 Å². The lowest BCUT2D eigenvalue weighted by atomic mass is 10.2. The van der Waals surface area contributed by atoms with E-state index in [2.05, 4.69) is 4.90 Å². The number of sulfonamides is 1. The number of piperazine rings is 1. The van der Waals surface area contributed by atoms with Crippen molar-refractivity contribution in [3.63, 3.8) is 0 Å². The van der Waals surface area contributed by atoms with Gasteiger partial charge in [0.15, 0.2) is 6.29 Å². The molecule has 0 amide bonds. The second-order valence-corrected chi connectivity index (χ2v) is 6.86. The van der Waals surface area contributed by atoms with Gasteiger partial charge in [-0.3, -0.25) is 4.79 Å². The molecule has 1 aromatic rings. The molecule has 19 heavy (non-hydrogen) atoms. The average molecular weight is 303 g/mol. The van der Waals surface area contributed by atoms with E-state index in [1.54, 1.807) is 12.1 Å². The highest BCUT2D eigenvalue weighted by atomic mass is 35.5. The average Bonchev–Trinajstić information content (AvgIpc) is 2.38. The highest BCUT2D eigenvalue weighted by Gasteiger charge is 2.23. The van der Waals surface area contributed by atoms with E-state index in [1.165, 1.54) is 10.6 Å². The molecule has 0 radical (unpaired) electrons. The SMILES string of the molecule is CS(=O)(=O)N1CCN(c2ccc(C=O)c(Cl)c2)CC1. The molecule has 1 saturated heterocycles. The molecule has 0 atom stereocenters. The fourth-order valence-electron chi connectivity index (χ4n) is 2.09. The third kappa shape index (κ3) is 3.26. The highest BCUT2D eigenvalue weighted by molar-refractivity contribution is 7.88. The third-order valence-electron chi connectivity index (χ3n) is 3.18. The Balaban J connectivity index is 2.10. The molecule has 0 saturated carbocycles. The third-order valence-corrected chi connectivity index (χ3v) is 4.81. The number of halogens is 1. The fraction of sp³-hybridized carbons (Fsp3) is 0.417. The first-order valence-electron chi connectivity index (χ1n) is 5.86. The van der Waals surface area contributed by atoms with Crippen LogP contribution in [0.4, 0.5) is 5.69 Å². The first kappa shape index (κ1) is 14.3. The summed E-state index contributed by atoms with van der Waals surface area (Å²) in [6.07, 6.45) is 1.94. The van der Waals surface area contributed by atoms with Crippen LogP contribution < -0.4 is 4.90 Å². The van der Waals surface area contributed by atoms with E-state index in [0.29, 0.717) is 43.1 Å². The fourth-order valence-corrected chi connectivity index (χ4v) is 3.13. The van der Waals surface area contributed by atoms with E-state index >= 15 is 0 Å². The summed E-state index contributed by atoms with van der Waals surface area (Å²) < 4.78 is 24.3. The van der Waals surface area contributed by atoms with Crippen molar-refractivity contribution in [1.82, 2.24) is 4.31 Å². The largest absolute Gasteiger partial charge is 0.369 e. The van der Waals surface area contributed by atoms with Gasteiger partial charge in [-0.2, -0.15) is 4.31 Å². The summed E-state index contributed by atoms with van der Waals surface area (Å²) in [6.45, 7) is 2.16. The molecule has 0 N–H and O–H groups in total. The maximum absolute atomic E-state index is 11.4. The first-order valence-corrected chi connectivity index (χ1v) is 8.09. The maximum atomic E-state index is 11.4. The van der Waals surface area contributed by atoms with Crippen LogP contribution in [0.25, 0.3) is 0 Å². The Hall–Kier alpha value is -1.11. The van der Waals surface area contributed by atoms with Gasteiger partial charge in [0, 0.05) is 37.4 Å². The Morgan fingerprint density at radius 3 is 2.32 bits per heavy atom. The molecule has 1 aliphatic heterocycles. The maximum Gasteiger partial charge on any atom is 0.211 e. The molecule has 0 aliphatic carbocycles. The number of carbonyl (C=O) groups excluding carboxylic acids is 1. The summed E-state index contributed by atoms with van der Waals surface area (Å²) in [5, 5.41) is 0.415. The van der Waals surface area contributed by atoms with Crippen LogP contribution in [0.5, 0.6) is 0 Å². The Labute approximate surface area is 117 Å². The van der Waals surface area contributed by atoms with Crippen LogP contribution in [0.3, 0.4) is 0 Å². The van der Waals surface area contributed by atoms with Crippen LogP contribution in [0.15, 0.2) is 18.2 Å². The molecule has 0 aromatic heterocycles. The minimum absolute atomic E-state index is 0.415. The number of benzene rings is 1. The second kappa shape index (κ2) is 5.48. The van der Waals surface area contributed by atoms with Gasteiger partial charge in [-0.05, 0) is 18.2 Å². The monoisotopic (exact) mass is 302 g/mol. The van der Waals surface area contributed by atoms with E-state index < -0.39 is 10.0 Å². The molecule has 1 aliphatic rings. The summed E-state index contributed by atoms with van der Waals surface area (Å²) in [6, 6.07) is 5.24. The van der Waals surface area contributed by atoms with Crippen molar-refractivity contribution < 1.29 is 13.2 Å². The van der Waals surface area contributed by atoms with Crippen molar-refractivity contribution in [3.8, 4) is 0 Å². The first-order chi connectivity index (χ1) is 8.91. The summed E-state index contributed by atoms with van der Waals surface area (Å²) in [7, 11) is -3.12. The van der Waals surface area contributed by atoms with E-state index in [1.807, 2.05) is 6.07 Å². The van der Waals surface area contributed by atoms with Crippen LogP contribution in [0.1, 0.15) is 10.4 Å². The number of hydrogen-bond donors (Lipinski definition) is 0. The van der Waals surface area contributed by atoms with Gasteiger partial charge in [-0.15, -0.1) is 0 Å². The molecular weight excluding hydrogens is 288 g/mol. The smallest absolute Gasteiger partial charge is 0.211 e. The second-order valence-electron chi connectivity index (χ2n) is 4.47. The molecule has 2 rings (SSSR count). The molecule has 7 heteroatoms. The van der Waals surface area contributed by atoms with Crippen LogP contribution >= 0.6 is 11.6 Å². The van der Waals surface area contributed by atoms with Gasteiger partial charge in [-0.1, -0.05) is 11.6 Å². The number of hydrogen-bond acceptors (Lipinski definition) is 4. The number of nitrogens with zero attached hydrogens (tertiary/aromatic N) is 2. The quantitative estimate of drug-likeness (QED) is 0.788. The van der Waals surface area contributed by atoms with Gasteiger partial charge in [-0.25, -0.2) is 8.42 Å². The summed E-state index contributed by atoms with van der Waals surface area (Å²) >= 11 is 5.99. The van der Waals surface area contributed by atoms with Crippen molar-refractivity contribution in [2.24, 2.45) is 0 Å². The number of carbonyl (C=O) groups is 1. The van der Waals surface area contributed by atoms with E-state index in [9.17, 15) is 13.2 Å². The lowest BCUT2D eigenvalue weighted by Gasteiger charge is -2.34. The van der Waals surface area contributed by atoms with Crippen LogP contribution in [-0.4, -0.2) is 51.4 Å². The van der Waals surface area contributed by atoms with Gasteiger partial charge in [0.1, 0.15) is 0 Å². The van der Waals surface area contributed by atoms with Crippen molar-refractivity contribution in [2.45, 2.75) is 0 Å². The molecule has 1 fully saturated rings.